The Kier molecular flexibility index (Phi) is 8.49. The van der Waals surface area contributed by atoms with Gasteiger partial charge < -0.3 is 14.8 Å². The maximum absolute atomic E-state index is 13.1. The number of carbonyl (C=O) groups excluding carboxylic acids is 2. The molecule has 0 aliphatic rings. The molecular weight excluding hydrogens is 454 g/mol. The maximum atomic E-state index is 13.1. The molecule has 0 saturated heterocycles. The summed E-state index contributed by atoms with van der Waals surface area (Å²) in [6.45, 7) is 5.81. The summed E-state index contributed by atoms with van der Waals surface area (Å²) in [7, 11) is 0. The first-order chi connectivity index (χ1) is 16.2. The average molecular weight is 482 g/mol. The quantitative estimate of drug-likeness (QED) is 0.443. The number of anilines is 1. The molecule has 0 aliphatic carbocycles. The minimum atomic E-state index is -0.704. The van der Waals surface area contributed by atoms with E-state index in [1.54, 1.807) is 45.3 Å². The molecule has 3 rings (SSSR count). The summed E-state index contributed by atoms with van der Waals surface area (Å²) < 4.78 is 10.9. The first-order valence-corrected chi connectivity index (χ1v) is 11.3. The first-order valence-electron chi connectivity index (χ1n) is 10.9. The Labute approximate surface area is 204 Å². The van der Waals surface area contributed by atoms with E-state index < -0.39 is 17.8 Å². The second-order valence-electron chi connectivity index (χ2n) is 8.49. The summed E-state index contributed by atoms with van der Waals surface area (Å²) in [5.74, 6) is 0. The molecule has 8 heteroatoms. The summed E-state index contributed by atoms with van der Waals surface area (Å²) in [6, 6.07) is 18.5. The summed E-state index contributed by atoms with van der Waals surface area (Å²) in [6.07, 6.45) is 2.07. The highest BCUT2D eigenvalue weighted by atomic mass is 35.5. The van der Waals surface area contributed by atoms with Crippen LogP contribution in [0.1, 0.15) is 26.3 Å². The zero-order chi connectivity index (χ0) is 24.6. The monoisotopic (exact) mass is 481 g/mol. The predicted octanol–water partition coefficient (Wildman–Crippen LogP) is 6.07. The van der Waals surface area contributed by atoms with E-state index in [4.69, 9.17) is 21.1 Å². The van der Waals surface area contributed by atoms with Crippen LogP contribution in [-0.2, 0) is 16.1 Å². The summed E-state index contributed by atoms with van der Waals surface area (Å²) in [4.78, 5) is 30.9. The van der Waals surface area contributed by atoms with E-state index in [9.17, 15) is 9.59 Å². The van der Waals surface area contributed by atoms with Gasteiger partial charge in [-0.15, -0.1) is 0 Å². The number of hydrogen-bond donors (Lipinski definition) is 1. The number of aromatic nitrogens is 1. The number of nitrogens with one attached hydrogen (secondary N) is 1. The molecule has 0 spiro atoms. The third-order valence-electron chi connectivity index (χ3n) is 4.69. The molecule has 34 heavy (non-hydrogen) atoms. The van der Waals surface area contributed by atoms with Crippen LogP contribution in [-0.4, -0.2) is 35.9 Å². The van der Waals surface area contributed by atoms with Crippen molar-refractivity contribution >= 4 is 29.5 Å². The molecule has 7 nitrogen and oxygen atoms in total. The van der Waals surface area contributed by atoms with Crippen molar-refractivity contribution in [2.24, 2.45) is 0 Å². The zero-order valence-electron chi connectivity index (χ0n) is 19.5. The van der Waals surface area contributed by atoms with Gasteiger partial charge in [0.25, 0.3) is 0 Å². The zero-order valence-corrected chi connectivity index (χ0v) is 20.2. The molecule has 1 heterocycles. The van der Waals surface area contributed by atoms with E-state index in [-0.39, 0.29) is 19.7 Å². The van der Waals surface area contributed by atoms with Crippen molar-refractivity contribution in [2.75, 3.05) is 18.0 Å². The van der Waals surface area contributed by atoms with Crippen LogP contribution in [0, 0.1) is 0 Å². The highest BCUT2D eigenvalue weighted by molar-refractivity contribution is 6.33. The van der Waals surface area contributed by atoms with Gasteiger partial charge in [-0.05, 0) is 38.5 Å². The molecule has 0 bridgehead atoms. The molecule has 1 aromatic heterocycles. The van der Waals surface area contributed by atoms with E-state index in [2.05, 4.69) is 10.3 Å². The Morgan fingerprint density at radius 2 is 1.71 bits per heavy atom. The Morgan fingerprint density at radius 1 is 1.00 bits per heavy atom. The number of benzene rings is 2. The van der Waals surface area contributed by atoms with Crippen molar-refractivity contribution in [3.8, 4) is 11.1 Å². The Bertz CT molecular complexity index is 1120. The Balaban J connectivity index is 1.76. The molecular formula is C26H28ClN3O4. The molecule has 3 aromatic rings. The van der Waals surface area contributed by atoms with Gasteiger partial charge >= 0.3 is 12.2 Å². The van der Waals surface area contributed by atoms with Gasteiger partial charge in [-0.2, -0.15) is 0 Å². The van der Waals surface area contributed by atoms with Crippen LogP contribution < -0.4 is 10.2 Å². The lowest BCUT2D eigenvalue weighted by Gasteiger charge is -2.28. The van der Waals surface area contributed by atoms with E-state index in [0.29, 0.717) is 10.7 Å². The third-order valence-corrected chi connectivity index (χ3v) is 5.02. The lowest BCUT2D eigenvalue weighted by atomic mass is 10.0. The predicted molar refractivity (Wildman–Crippen MR) is 133 cm³/mol. The number of amides is 2. The van der Waals surface area contributed by atoms with Crippen molar-refractivity contribution in [1.29, 1.82) is 0 Å². The van der Waals surface area contributed by atoms with Crippen molar-refractivity contribution in [3.05, 3.63) is 83.6 Å². The van der Waals surface area contributed by atoms with Crippen LogP contribution in [0.5, 0.6) is 0 Å². The fourth-order valence-electron chi connectivity index (χ4n) is 3.18. The highest BCUT2D eigenvalue weighted by Crippen LogP contribution is 2.35. The van der Waals surface area contributed by atoms with Gasteiger partial charge in [-0.25, -0.2) is 9.59 Å². The number of hydrogen-bond acceptors (Lipinski definition) is 5. The van der Waals surface area contributed by atoms with Gasteiger partial charge in [-0.3, -0.25) is 9.88 Å². The maximum Gasteiger partial charge on any atom is 0.414 e. The topological polar surface area (TPSA) is 80.8 Å². The second-order valence-corrected chi connectivity index (χ2v) is 8.90. The van der Waals surface area contributed by atoms with E-state index in [1.807, 2.05) is 48.5 Å². The summed E-state index contributed by atoms with van der Waals surface area (Å²) in [5, 5.41) is 3.23. The largest absolute Gasteiger partial charge is 0.445 e. The Morgan fingerprint density at radius 3 is 2.41 bits per heavy atom. The number of nitrogens with zero attached hydrogens (tertiary/aromatic N) is 2. The van der Waals surface area contributed by atoms with Gasteiger partial charge in [0.05, 0.1) is 11.9 Å². The minimum absolute atomic E-state index is 0.137. The van der Waals surface area contributed by atoms with Crippen molar-refractivity contribution < 1.29 is 19.1 Å². The van der Waals surface area contributed by atoms with Gasteiger partial charge in [0.15, 0.2) is 0 Å². The molecule has 0 fully saturated rings. The normalized spacial score (nSPS) is 10.9. The van der Waals surface area contributed by atoms with Crippen LogP contribution in [0.2, 0.25) is 5.02 Å². The van der Waals surface area contributed by atoms with Crippen LogP contribution in [0.4, 0.5) is 15.3 Å². The Hall–Kier alpha value is -3.58. The van der Waals surface area contributed by atoms with Gasteiger partial charge in [0.1, 0.15) is 12.2 Å². The number of pyridine rings is 1. The average Bonchev–Trinajstić information content (AvgIpc) is 2.80. The fourth-order valence-corrected chi connectivity index (χ4v) is 3.42. The molecule has 2 aromatic carbocycles. The molecule has 0 aliphatic heterocycles. The van der Waals surface area contributed by atoms with E-state index in [0.717, 1.165) is 16.7 Å². The van der Waals surface area contributed by atoms with Crippen LogP contribution >= 0.6 is 11.6 Å². The minimum Gasteiger partial charge on any atom is -0.445 e. The van der Waals surface area contributed by atoms with E-state index in [1.165, 1.54) is 4.90 Å². The lowest BCUT2D eigenvalue weighted by Crippen LogP contribution is -2.42. The number of rotatable bonds is 7. The molecule has 1 N–H and O–H groups in total. The van der Waals surface area contributed by atoms with Crippen LogP contribution in [0.15, 0.2) is 73.1 Å². The first kappa shape index (κ1) is 25.1. The van der Waals surface area contributed by atoms with Gasteiger partial charge in [0.2, 0.25) is 0 Å². The molecule has 0 unspecified atom stereocenters. The third kappa shape index (κ3) is 7.22. The molecule has 2 amide bonds. The highest BCUT2D eigenvalue weighted by Gasteiger charge is 2.26. The lowest BCUT2D eigenvalue weighted by molar-refractivity contribution is 0.0579. The van der Waals surface area contributed by atoms with Crippen LogP contribution in [0.25, 0.3) is 11.1 Å². The fraction of sp³-hybridized carbons (Fsp3) is 0.269. The molecule has 0 radical (unpaired) electrons. The summed E-state index contributed by atoms with van der Waals surface area (Å²) in [5.41, 5.74) is 2.17. The number of carbonyl (C=O) groups is 2. The molecule has 0 saturated carbocycles. The van der Waals surface area contributed by atoms with Crippen molar-refractivity contribution in [1.82, 2.24) is 10.3 Å². The second kappa shape index (κ2) is 11.5. The van der Waals surface area contributed by atoms with Gasteiger partial charge in [-0.1, -0.05) is 60.1 Å². The van der Waals surface area contributed by atoms with Crippen molar-refractivity contribution in [3.63, 3.8) is 0 Å². The van der Waals surface area contributed by atoms with Gasteiger partial charge in [0, 0.05) is 35.4 Å². The van der Waals surface area contributed by atoms with Crippen LogP contribution in [0.3, 0.4) is 0 Å². The van der Waals surface area contributed by atoms with Crippen molar-refractivity contribution in [2.45, 2.75) is 33.0 Å². The SMILES string of the molecule is CC(C)(C)OC(=O)N(CCNC(=O)OCc1ccccc1)c1cnccc1-c1ccccc1Cl. The standard InChI is InChI=1S/C26H28ClN3O4/c1-26(2,3)34-25(32)30(16-15-29-24(31)33-18-19-9-5-4-6-10-19)23-17-28-14-13-21(23)20-11-7-8-12-22(20)27/h4-14,17H,15-16,18H2,1-3H3,(H,29,31). The number of ether oxygens (including phenoxy) is 2. The summed E-state index contributed by atoms with van der Waals surface area (Å²) >= 11 is 6.42. The number of alkyl carbamates (subject to hydrolysis) is 1. The molecule has 178 valence electrons. The smallest absolute Gasteiger partial charge is 0.414 e. The molecule has 0 atom stereocenters. The van der Waals surface area contributed by atoms with E-state index >= 15 is 0 Å². The number of halogens is 1.